The van der Waals surface area contributed by atoms with Gasteiger partial charge in [0.15, 0.2) is 0 Å². The highest BCUT2D eigenvalue weighted by atomic mass is 35.5. The Labute approximate surface area is 273 Å². The highest BCUT2D eigenvalue weighted by Crippen LogP contribution is 2.33. The third-order valence-electron chi connectivity index (χ3n) is 8.44. The summed E-state index contributed by atoms with van der Waals surface area (Å²) in [6, 6.07) is 15.3. The predicted molar refractivity (Wildman–Crippen MR) is 182 cm³/mol. The van der Waals surface area contributed by atoms with E-state index in [-0.39, 0.29) is 35.8 Å². The van der Waals surface area contributed by atoms with Gasteiger partial charge in [-0.25, -0.2) is 4.98 Å². The number of benzene rings is 2. The molecular weight excluding hydrogens is 606 g/mol. The van der Waals surface area contributed by atoms with Crippen molar-refractivity contribution in [2.45, 2.75) is 59.8 Å². The maximum absolute atomic E-state index is 14.8. The molecule has 2 aromatic heterocycles. The molecule has 1 saturated heterocycles. The van der Waals surface area contributed by atoms with Crippen LogP contribution >= 0.6 is 22.9 Å². The van der Waals surface area contributed by atoms with Crippen molar-refractivity contribution >= 4 is 34.8 Å². The van der Waals surface area contributed by atoms with Gasteiger partial charge in [0, 0.05) is 34.7 Å². The average molecular weight is 646 g/mol. The number of nitrogens with zero attached hydrogens (tertiary/aromatic N) is 3. The largest absolute Gasteiger partial charge is 0.469 e. The number of pyridine rings is 1. The smallest absolute Gasteiger partial charge is 0.310 e. The minimum absolute atomic E-state index is 0.174. The van der Waals surface area contributed by atoms with E-state index in [0.717, 1.165) is 40.9 Å². The molecule has 5 rings (SSSR count). The van der Waals surface area contributed by atoms with Crippen molar-refractivity contribution < 1.29 is 14.3 Å². The minimum atomic E-state index is -0.375. The molecule has 1 aliphatic rings. The van der Waals surface area contributed by atoms with Crippen LogP contribution in [0.4, 0.5) is 0 Å². The summed E-state index contributed by atoms with van der Waals surface area (Å²) >= 11 is 7.50. The molecule has 9 heteroatoms. The van der Waals surface area contributed by atoms with Crippen molar-refractivity contribution in [1.29, 1.82) is 0 Å². The molecular formula is C36H40ClN3O4S. The molecule has 1 unspecified atom stereocenters. The molecule has 0 aliphatic carbocycles. The lowest BCUT2D eigenvalue weighted by Crippen LogP contribution is -2.43. The van der Waals surface area contributed by atoms with E-state index in [1.54, 1.807) is 15.5 Å². The molecule has 4 aromatic rings. The fourth-order valence-corrected chi connectivity index (χ4v) is 7.12. The number of ether oxygens (including phenoxy) is 1. The van der Waals surface area contributed by atoms with Crippen molar-refractivity contribution in [1.82, 2.24) is 14.5 Å². The zero-order valence-electron chi connectivity index (χ0n) is 26.6. The van der Waals surface area contributed by atoms with E-state index in [9.17, 15) is 14.4 Å². The van der Waals surface area contributed by atoms with Crippen LogP contribution in [-0.4, -0.2) is 46.5 Å². The van der Waals surface area contributed by atoms with Crippen LogP contribution in [0.3, 0.4) is 0 Å². The first-order valence-electron chi connectivity index (χ1n) is 15.7. The molecule has 0 N–H and O–H groups in total. The Morgan fingerprint density at radius 1 is 1.09 bits per heavy atom. The molecule has 2 aromatic carbocycles. The molecule has 3 heterocycles. The topological polar surface area (TPSA) is 81.5 Å². The Balaban J connectivity index is 1.77. The predicted octanol–water partition coefficient (Wildman–Crippen LogP) is 7.63. The summed E-state index contributed by atoms with van der Waals surface area (Å²) in [6.45, 7) is 9.17. The fourth-order valence-electron chi connectivity index (χ4n) is 6.16. The van der Waals surface area contributed by atoms with Gasteiger partial charge in [-0.05, 0) is 67.3 Å². The number of rotatable bonds is 9. The Morgan fingerprint density at radius 3 is 2.40 bits per heavy atom. The normalized spacial score (nSPS) is 15.0. The summed E-state index contributed by atoms with van der Waals surface area (Å²) in [5, 5.41) is 3.10. The molecule has 0 spiro atoms. The van der Waals surface area contributed by atoms with E-state index in [1.165, 1.54) is 18.4 Å². The lowest BCUT2D eigenvalue weighted by molar-refractivity contribution is -0.146. The van der Waals surface area contributed by atoms with Gasteiger partial charge in [0.1, 0.15) is 5.01 Å². The second-order valence-electron chi connectivity index (χ2n) is 11.9. The minimum Gasteiger partial charge on any atom is -0.469 e. The van der Waals surface area contributed by atoms with Gasteiger partial charge in [0.05, 0.1) is 35.5 Å². The number of thiazole rings is 1. The average Bonchev–Trinajstić information content (AvgIpc) is 3.54. The number of carbonyl (C=O) groups is 2. The van der Waals surface area contributed by atoms with E-state index >= 15 is 0 Å². The zero-order chi connectivity index (χ0) is 32.2. The van der Waals surface area contributed by atoms with Gasteiger partial charge >= 0.3 is 5.97 Å². The molecule has 0 bridgehead atoms. The Kier molecular flexibility index (Phi) is 10.2. The third-order valence-corrected chi connectivity index (χ3v) is 9.57. The van der Waals surface area contributed by atoms with Crippen LogP contribution in [0.1, 0.15) is 67.7 Å². The van der Waals surface area contributed by atoms with Crippen molar-refractivity contribution in [2.24, 2.45) is 11.8 Å². The van der Waals surface area contributed by atoms with Gasteiger partial charge in [-0.15, -0.1) is 11.3 Å². The molecule has 45 heavy (non-hydrogen) atoms. The lowest BCUT2D eigenvalue weighted by Gasteiger charge is -2.32. The van der Waals surface area contributed by atoms with E-state index in [2.05, 4.69) is 39.8 Å². The number of aromatic nitrogens is 2. The molecule has 7 nitrogen and oxygen atoms in total. The summed E-state index contributed by atoms with van der Waals surface area (Å²) in [5.74, 6) is -0.689. The van der Waals surface area contributed by atoms with Crippen LogP contribution in [0.25, 0.3) is 27.5 Å². The zero-order valence-corrected chi connectivity index (χ0v) is 28.1. The molecule has 1 amide bonds. The number of halogens is 1. The number of piperidine rings is 1. The first-order valence-corrected chi connectivity index (χ1v) is 16.9. The Hall–Kier alpha value is -3.75. The molecule has 0 saturated carbocycles. The van der Waals surface area contributed by atoms with Crippen LogP contribution in [-0.2, 0) is 28.8 Å². The van der Waals surface area contributed by atoms with Crippen molar-refractivity contribution in [3.05, 3.63) is 91.7 Å². The van der Waals surface area contributed by atoms with E-state index in [0.29, 0.717) is 52.7 Å². The summed E-state index contributed by atoms with van der Waals surface area (Å²) in [5.41, 5.74) is 5.90. The quantitative estimate of drug-likeness (QED) is 0.175. The number of methoxy groups -OCH3 is 1. The van der Waals surface area contributed by atoms with Gasteiger partial charge in [-0.1, -0.05) is 69.6 Å². The molecule has 236 valence electrons. The lowest BCUT2D eigenvalue weighted by atomic mass is 9.95. The van der Waals surface area contributed by atoms with Gasteiger partial charge in [0.2, 0.25) is 0 Å². The molecule has 1 fully saturated rings. The molecule has 0 radical (unpaired) electrons. The maximum atomic E-state index is 14.8. The highest BCUT2D eigenvalue weighted by Gasteiger charge is 2.33. The second kappa shape index (κ2) is 14.1. The first kappa shape index (κ1) is 32.6. The highest BCUT2D eigenvalue weighted by molar-refractivity contribution is 7.13. The molecule has 1 aliphatic heterocycles. The first-order chi connectivity index (χ1) is 21.7. The van der Waals surface area contributed by atoms with E-state index in [4.69, 9.17) is 21.3 Å². The van der Waals surface area contributed by atoms with Crippen LogP contribution in [0.15, 0.2) is 58.7 Å². The van der Waals surface area contributed by atoms with Crippen LogP contribution in [0, 0.1) is 11.8 Å². The Morgan fingerprint density at radius 2 is 1.78 bits per heavy atom. The van der Waals surface area contributed by atoms with Crippen molar-refractivity contribution in [3.8, 4) is 27.5 Å². The number of aryl methyl sites for hydroxylation is 2. The van der Waals surface area contributed by atoms with Crippen LogP contribution in [0.2, 0.25) is 5.02 Å². The van der Waals surface area contributed by atoms with E-state index < -0.39 is 0 Å². The van der Waals surface area contributed by atoms with Crippen LogP contribution in [0.5, 0.6) is 0 Å². The third kappa shape index (κ3) is 6.77. The standard InChI is InChI=1S/C36H40ClN3O4S/c1-6-23-10-8-11-24(7-2)32(23)40-31(18-22(3)4)28(34(41)39-17-9-12-26(20-39)36(43)44-5)19-29(35(40)42)33-38-30(21-45-33)25-13-15-27(37)16-14-25/h8,10-11,13-16,19,21-22,26H,6-7,9,12,17-18,20H2,1-5H3. The van der Waals surface area contributed by atoms with Crippen molar-refractivity contribution in [2.75, 3.05) is 20.2 Å². The van der Waals surface area contributed by atoms with Crippen molar-refractivity contribution in [3.63, 3.8) is 0 Å². The van der Waals surface area contributed by atoms with Gasteiger partial charge in [-0.2, -0.15) is 0 Å². The second-order valence-corrected chi connectivity index (χ2v) is 13.2. The van der Waals surface area contributed by atoms with Crippen LogP contribution < -0.4 is 5.56 Å². The number of likely N-dealkylation sites (tertiary alicyclic amines) is 1. The number of hydrogen-bond acceptors (Lipinski definition) is 6. The monoisotopic (exact) mass is 645 g/mol. The number of esters is 1. The van der Waals surface area contributed by atoms with E-state index in [1.807, 2.05) is 35.7 Å². The summed E-state index contributed by atoms with van der Waals surface area (Å²) in [6.07, 6.45) is 3.37. The number of amides is 1. The maximum Gasteiger partial charge on any atom is 0.310 e. The van der Waals surface area contributed by atoms with Gasteiger partial charge < -0.3 is 9.64 Å². The number of carbonyl (C=O) groups excluding carboxylic acids is 2. The SMILES string of the molecule is CCc1cccc(CC)c1-n1c(CC(C)C)c(C(=O)N2CCCC(C(=O)OC)C2)cc(-c2nc(-c3ccc(Cl)cc3)cs2)c1=O. The Bertz CT molecular complexity index is 1740. The van der Waals surface area contributed by atoms with Gasteiger partial charge in [-0.3, -0.25) is 19.0 Å². The number of para-hydroxylation sites is 1. The summed E-state index contributed by atoms with van der Waals surface area (Å²) in [4.78, 5) is 48.4. The number of hydrogen-bond donors (Lipinski definition) is 0. The molecule has 1 atom stereocenters. The fraction of sp³-hybridized carbons (Fsp3) is 0.389. The summed E-state index contributed by atoms with van der Waals surface area (Å²) in [7, 11) is 1.38. The summed E-state index contributed by atoms with van der Waals surface area (Å²) < 4.78 is 6.83. The van der Waals surface area contributed by atoms with Gasteiger partial charge in [0.25, 0.3) is 11.5 Å².